The summed E-state index contributed by atoms with van der Waals surface area (Å²) in [6.07, 6.45) is 1.68. The molecular weight excluding hydrogens is 512 g/mol. The van der Waals surface area contributed by atoms with Gasteiger partial charge in [-0.2, -0.15) is 0 Å². The summed E-state index contributed by atoms with van der Waals surface area (Å²) >= 11 is 9.54. The minimum Gasteiger partial charge on any atom is -0.376 e. The first-order valence-electron chi connectivity index (χ1n) is 10.4. The molecule has 3 aromatic rings. The van der Waals surface area contributed by atoms with E-state index in [1.807, 2.05) is 19.1 Å². The fourth-order valence-electron chi connectivity index (χ4n) is 3.64. The summed E-state index contributed by atoms with van der Waals surface area (Å²) in [6, 6.07) is 12.0. The quantitative estimate of drug-likeness (QED) is 0.432. The number of carbonyl (C=O) groups is 3. The second-order valence-corrected chi connectivity index (χ2v) is 9.06. The number of ether oxygens (including phenoxy) is 1. The summed E-state index contributed by atoms with van der Waals surface area (Å²) in [5.74, 6) is -2.16. The molecule has 4 rings (SSSR count). The van der Waals surface area contributed by atoms with Crippen LogP contribution in [0.25, 0.3) is 10.9 Å². The lowest BCUT2D eigenvalue weighted by atomic mass is 10.2. The van der Waals surface area contributed by atoms with Crippen LogP contribution >= 0.6 is 27.5 Å². The largest absolute Gasteiger partial charge is 0.376 e. The maximum atomic E-state index is 13.1. The van der Waals surface area contributed by atoms with Crippen LogP contribution in [0.2, 0.25) is 5.02 Å². The zero-order valence-electron chi connectivity index (χ0n) is 17.8. The number of aromatic nitrogens is 1. The van der Waals surface area contributed by atoms with E-state index in [1.54, 1.807) is 30.3 Å². The summed E-state index contributed by atoms with van der Waals surface area (Å²) in [5, 5.41) is 6.52. The number of amides is 3. The minimum atomic E-state index is -0.894. The Morgan fingerprint density at radius 1 is 1.15 bits per heavy atom. The second-order valence-electron chi connectivity index (χ2n) is 7.77. The van der Waals surface area contributed by atoms with Crippen molar-refractivity contribution in [1.82, 2.24) is 9.99 Å². The van der Waals surface area contributed by atoms with Crippen LogP contribution in [0.4, 0.5) is 5.69 Å². The highest BCUT2D eigenvalue weighted by Gasteiger charge is 2.23. The van der Waals surface area contributed by atoms with Gasteiger partial charge in [-0.1, -0.05) is 27.5 Å². The molecule has 0 bridgehead atoms. The first-order valence-corrected chi connectivity index (χ1v) is 11.6. The molecule has 1 saturated heterocycles. The fourth-order valence-corrected chi connectivity index (χ4v) is 4.06. The van der Waals surface area contributed by atoms with Crippen molar-refractivity contribution in [2.75, 3.05) is 23.9 Å². The SMILES string of the molecule is Cc1cc(NC(=O)c2cc3cc(Cl)ccc3n2NC(=O)C(=O)NC[C@H]2CCCO2)ccc1Br. The molecule has 1 fully saturated rings. The van der Waals surface area contributed by atoms with Crippen molar-refractivity contribution in [3.63, 3.8) is 0 Å². The van der Waals surface area contributed by atoms with E-state index in [1.165, 1.54) is 4.68 Å². The van der Waals surface area contributed by atoms with E-state index in [0.717, 1.165) is 22.9 Å². The number of halogens is 2. The smallest absolute Gasteiger partial charge is 0.328 e. The fraction of sp³-hybridized carbons (Fsp3) is 0.261. The Morgan fingerprint density at radius 2 is 1.97 bits per heavy atom. The van der Waals surface area contributed by atoms with Gasteiger partial charge in [0.1, 0.15) is 5.69 Å². The topological polar surface area (TPSA) is 101 Å². The summed E-state index contributed by atoms with van der Waals surface area (Å²) < 4.78 is 7.67. The number of nitrogens with one attached hydrogen (secondary N) is 3. The van der Waals surface area contributed by atoms with Crippen LogP contribution in [0, 0.1) is 6.92 Å². The average Bonchev–Trinajstić information content (AvgIpc) is 3.42. The third kappa shape index (κ3) is 5.38. The van der Waals surface area contributed by atoms with Gasteiger partial charge < -0.3 is 15.4 Å². The molecule has 2 aromatic carbocycles. The lowest BCUT2D eigenvalue weighted by Crippen LogP contribution is -2.42. The highest BCUT2D eigenvalue weighted by molar-refractivity contribution is 9.10. The van der Waals surface area contributed by atoms with Crippen molar-refractivity contribution >= 4 is 61.8 Å². The van der Waals surface area contributed by atoms with E-state index in [-0.39, 0.29) is 18.3 Å². The number of anilines is 1. The van der Waals surface area contributed by atoms with Gasteiger partial charge in [-0.15, -0.1) is 0 Å². The Balaban J connectivity index is 1.57. The monoisotopic (exact) mass is 532 g/mol. The first-order chi connectivity index (χ1) is 15.8. The predicted molar refractivity (Wildman–Crippen MR) is 130 cm³/mol. The zero-order chi connectivity index (χ0) is 23.5. The number of hydrogen-bond acceptors (Lipinski definition) is 4. The molecule has 1 aromatic heterocycles. The third-order valence-electron chi connectivity index (χ3n) is 5.35. The van der Waals surface area contributed by atoms with E-state index in [0.29, 0.717) is 28.2 Å². The van der Waals surface area contributed by atoms with Crippen molar-refractivity contribution in [3.8, 4) is 0 Å². The van der Waals surface area contributed by atoms with Crippen molar-refractivity contribution < 1.29 is 19.1 Å². The minimum absolute atomic E-state index is 0.0907. The van der Waals surface area contributed by atoms with Crippen molar-refractivity contribution in [3.05, 3.63) is 63.2 Å². The molecule has 0 saturated carbocycles. The normalized spacial score (nSPS) is 15.4. The summed E-state index contributed by atoms with van der Waals surface area (Å²) in [7, 11) is 0. The number of benzene rings is 2. The molecule has 10 heteroatoms. The van der Waals surface area contributed by atoms with E-state index in [4.69, 9.17) is 16.3 Å². The molecule has 0 spiro atoms. The Bertz CT molecular complexity index is 1240. The molecule has 1 aliphatic heterocycles. The number of nitrogens with zero attached hydrogens (tertiary/aromatic N) is 1. The van der Waals surface area contributed by atoms with Crippen molar-refractivity contribution in [1.29, 1.82) is 0 Å². The Labute approximate surface area is 203 Å². The van der Waals surface area contributed by atoms with Crippen LogP contribution < -0.4 is 16.1 Å². The Morgan fingerprint density at radius 3 is 2.70 bits per heavy atom. The standard InChI is InChI=1S/C23H22BrClN4O4/c1-13-9-16(5-6-18(13)24)27-21(30)20-11-14-10-15(25)4-7-19(14)29(20)28-23(32)22(31)26-12-17-3-2-8-33-17/h4-7,9-11,17H,2-3,8,12H2,1H3,(H,26,31)(H,27,30)(H,28,32)/t17-/m1/s1. The number of hydrogen-bond donors (Lipinski definition) is 3. The van der Waals surface area contributed by atoms with Gasteiger partial charge in [0.2, 0.25) is 0 Å². The third-order valence-corrected chi connectivity index (χ3v) is 6.47. The van der Waals surface area contributed by atoms with Gasteiger partial charge in [0.05, 0.1) is 11.6 Å². The van der Waals surface area contributed by atoms with E-state index >= 15 is 0 Å². The maximum Gasteiger partial charge on any atom is 0.328 e. The van der Waals surface area contributed by atoms with Gasteiger partial charge in [0.15, 0.2) is 0 Å². The predicted octanol–water partition coefficient (Wildman–Crippen LogP) is 3.98. The zero-order valence-corrected chi connectivity index (χ0v) is 20.1. The van der Waals surface area contributed by atoms with Gasteiger partial charge in [0.25, 0.3) is 5.91 Å². The lowest BCUT2D eigenvalue weighted by molar-refractivity contribution is -0.136. The summed E-state index contributed by atoms with van der Waals surface area (Å²) in [5.41, 5.74) is 4.75. The molecule has 33 heavy (non-hydrogen) atoms. The Kier molecular flexibility index (Phi) is 7.02. The number of fused-ring (bicyclic) bond motifs is 1. The van der Waals surface area contributed by atoms with Crippen LogP contribution in [0.3, 0.4) is 0 Å². The van der Waals surface area contributed by atoms with Gasteiger partial charge in [0, 0.05) is 33.7 Å². The molecule has 3 N–H and O–H groups in total. The van der Waals surface area contributed by atoms with Crippen LogP contribution in [0.15, 0.2) is 46.9 Å². The molecule has 3 amide bonds. The Hall–Kier alpha value is -2.88. The number of rotatable bonds is 5. The lowest BCUT2D eigenvalue weighted by Gasteiger charge is -2.14. The van der Waals surface area contributed by atoms with Gasteiger partial charge >= 0.3 is 11.8 Å². The molecule has 172 valence electrons. The molecule has 2 heterocycles. The van der Waals surface area contributed by atoms with E-state index < -0.39 is 17.7 Å². The second kappa shape index (κ2) is 9.94. The molecule has 0 radical (unpaired) electrons. The molecule has 1 atom stereocenters. The van der Waals surface area contributed by atoms with Crippen LogP contribution in [0.5, 0.6) is 0 Å². The number of aryl methyl sites for hydroxylation is 1. The van der Waals surface area contributed by atoms with Crippen LogP contribution in [-0.2, 0) is 14.3 Å². The molecule has 8 nitrogen and oxygen atoms in total. The van der Waals surface area contributed by atoms with Crippen molar-refractivity contribution in [2.45, 2.75) is 25.9 Å². The van der Waals surface area contributed by atoms with Crippen LogP contribution in [0.1, 0.15) is 28.9 Å². The summed E-state index contributed by atoms with van der Waals surface area (Å²) in [6.45, 7) is 2.82. The van der Waals surface area contributed by atoms with Crippen molar-refractivity contribution in [2.24, 2.45) is 0 Å². The molecular formula is C23H22BrClN4O4. The van der Waals surface area contributed by atoms with Crippen LogP contribution in [-0.4, -0.2) is 41.7 Å². The summed E-state index contributed by atoms with van der Waals surface area (Å²) in [4.78, 5) is 38.0. The maximum absolute atomic E-state index is 13.1. The van der Waals surface area contributed by atoms with E-state index in [2.05, 4.69) is 32.0 Å². The highest BCUT2D eigenvalue weighted by Crippen LogP contribution is 2.25. The van der Waals surface area contributed by atoms with Gasteiger partial charge in [-0.05, 0) is 67.8 Å². The first kappa shape index (κ1) is 23.3. The number of carbonyl (C=O) groups excluding carboxylic acids is 3. The molecule has 0 unspecified atom stereocenters. The van der Waals surface area contributed by atoms with Gasteiger partial charge in [-0.3, -0.25) is 19.8 Å². The average molecular weight is 534 g/mol. The van der Waals surface area contributed by atoms with Gasteiger partial charge in [-0.25, -0.2) is 4.68 Å². The molecule has 1 aliphatic rings. The van der Waals surface area contributed by atoms with E-state index in [9.17, 15) is 14.4 Å². The highest BCUT2D eigenvalue weighted by atomic mass is 79.9. The molecule has 0 aliphatic carbocycles.